The lowest BCUT2D eigenvalue weighted by Gasteiger charge is -2.46. The summed E-state index contributed by atoms with van der Waals surface area (Å²) in [5, 5.41) is 0. The molecule has 2 saturated carbocycles. The number of likely N-dealkylation sites (tertiary alicyclic amines) is 1. The molecule has 0 N–H and O–H groups in total. The molecule has 2 aliphatic carbocycles. The molecule has 2 aromatic carbocycles. The first-order valence-corrected chi connectivity index (χ1v) is 13.6. The van der Waals surface area contributed by atoms with Crippen LogP contribution in [0.1, 0.15) is 56.1 Å². The number of ether oxygens (including phenoxy) is 2. The highest BCUT2D eigenvalue weighted by atomic mass is 16.5. The number of methoxy groups -OCH3 is 1. The van der Waals surface area contributed by atoms with Gasteiger partial charge in [-0.3, -0.25) is 9.79 Å². The van der Waals surface area contributed by atoms with Gasteiger partial charge in [-0.05, 0) is 62.7 Å². The van der Waals surface area contributed by atoms with E-state index in [1.807, 2.05) is 30.3 Å². The Labute approximate surface area is 215 Å². The molecule has 1 saturated heterocycles. The number of hydrogen-bond acceptors (Lipinski definition) is 5. The summed E-state index contributed by atoms with van der Waals surface area (Å²) in [5.74, 6) is -0.0245. The molecule has 0 bridgehead atoms. The highest BCUT2D eigenvalue weighted by Gasteiger charge is 2.48. The first kappa shape index (κ1) is 25.2. The smallest absolute Gasteiger partial charge is 0.313 e. The zero-order valence-electron chi connectivity index (χ0n) is 21.7. The number of rotatable bonds is 11. The fourth-order valence-electron chi connectivity index (χ4n) is 5.98. The highest BCUT2D eigenvalue weighted by Crippen LogP contribution is 2.48. The number of piperidine rings is 1. The van der Waals surface area contributed by atoms with Gasteiger partial charge in [0.1, 0.15) is 6.61 Å². The van der Waals surface area contributed by atoms with Crippen LogP contribution in [0.5, 0.6) is 0 Å². The summed E-state index contributed by atoms with van der Waals surface area (Å²) in [6.07, 6.45) is 9.66. The second kappa shape index (κ2) is 10.9. The predicted molar refractivity (Wildman–Crippen MR) is 143 cm³/mol. The second-order valence-electron chi connectivity index (χ2n) is 11.4. The summed E-state index contributed by atoms with van der Waals surface area (Å²) in [6, 6.07) is 20.8. The van der Waals surface area contributed by atoms with Crippen molar-refractivity contribution in [1.29, 1.82) is 0 Å². The molecule has 0 spiro atoms. The Morgan fingerprint density at radius 3 is 2.19 bits per heavy atom. The molecule has 5 nitrogen and oxygen atoms in total. The van der Waals surface area contributed by atoms with E-state index >= 15 is 0 Å². The Bertz CT molecular complexity index is 1020. The minimum absolute atomic E-state index is 0.0153. The quantitative estimate of drug-likeness (QED) is 0.313. The van der Waals surface area contributed by atoms with Gasteiger partial charge in [-0.15, -0.1) is 0 Å². The molecular formula is C31H40N2O3. The van der Waals surface area contributed by atoms with Gasteiger partial charge < -0.3 is 14.4 Å². The van der Waals surface area contributed by atoms with Gasteiger partial charge in [0.25, 0.3) is 0 Å². The Morgan fingerprint density at radius 2 is 1.61 bits per heavy atom. The minimum Gasteiger partial charge on any atom is -0.460 e. The summed E-state index contributed by atoms with van der Waals surface area (Å²) in [4.78, 5) is 20.6. The van der Waals surface area contributed by atoms with Crippen molar-refractivity contribution in [3.05, 3.63) is 71.8 Å². The van der Waals surface area contributed by atoms with Crippen LogP contribution in [0.25, 0.3) is 0 Å². The molecule has 192 valence electrons. The van der Waals surface area contributed by atoms with Crippen LogP contribution in [0, 0.1) is 10.8 Å². The van der Waals surface area contributed by atoms with Gasteiger partial charge in [0, 0.05) is 37.2 Å². The Morgan fingerprint density at radius 1 is 0.944 bits per heavy atom. The van der Waals surface area contributed by atoms with Gasteiger partial charge in [0.15, 0.2) is 0 Å². The Hall–Kier alpha value is -2.50. The van der Waals surface area contributed by atoms with Crippen molar-refractivity contribution in [1.82, 2.24) is 4.90 Å². The van der Waals surface area contributed by atoms with Crippen molar-refractivity contribution in [2.24, 2.45) is 15.8 Å². The van der Waals surface area contributed by atoms with Crippen LogP contribution >= 0.6 is 0 Å². The fourth-order valence-corrected chi connectivity index (χ4v) is 5.98. The average Bonchev–Trinajstić information content (AvgIpc) is 3.68. The molecule has 2 aromatic rings. The monoisotopic (exact) mass is 488 g/mol. The normalized spacial score (nSPS) is 22.1. The number of nitrogens with zero attached hydrogens (tertiary/aromatic N) is 2. The maximum Gasteiger partial charge on any atom is 0.313 e. The van der Waals surface area contributed by atoms with Crippen LogP contribution < -0.4 is 0 Å². The van der Waals surface area contributed by atoms with Crippen molar-refractivity contribution in [3.8, 4) is 0 Å². The molecule has 0 unspecified atom stereocenters. The van der Waals surface area contributed by atoms with E-state index in [9.17, 15) is 4.79 Å². The first-order chi connectivity index (χ1) is 17.6. The standard InChI is InChI=1S/C31H40N2O3/c1-35-25-29(22-32-23-30(15-16-30)27-11-6-3-7-12-27)17-19-33(20-18-29)24-31(13-8-14-31)28(34)36-21-26-9-4-2-5-10-26/h2-7,9-12,22H,8,13-21,23-25H2,1H3/b32-22+. The van der Waals surface area contributed by atoms with E-state index in [-0.39, 0.29) is 22.2 Å². The molecule has 0 amide bonds. The molecular weight excluding hydrogens is 448 g/mol. The van der Waals surface area contributed by atoms with E-state index in [2.05, 4.69) is 41.4 Å². The van der Waals surface area contributed by atoms with Crippen LogP contribution in [0.2, 0.25) is 0 Å². The average molecular weight is 489 g/mol. The van der Waals surface area contributed by atoms with Gasteiger partial charge >= 0.3 is 5.97 Å². The molecule has 5 heteroatoms. The largest absolute Gasteiger partial charge is 0.460 e. The summed E-state index contributed by atoms with van der Waals surface area (Å²) >= 11 is 0. The van der Waals surface area contributed by atoms with E-state index in [4.69, 9.17) is 14.5 Å². The van der Waals surface area contributed by atoms with Gasteiger partial charge in [-0.25, -0.2) is 0 Å². The topological polar surface area (TPSA) is 51.1 Å². The third kappa shape index (κ3) is 5.57. The Balaban J connectivity index is 1.15. The molecule has 5 rings (SSSR count). The minimum atomic E-state index is -0.335. The molecule has 1 heterocycles. The SMILES string of the molecule is COCC1(/C=N/CC2(c3ccccc3)CC2)CCN(CC2(C(=O)OCc3ccccc3)CCC2)CC1. The number of aliphatic imine (C=N–C) groups is 1. The molecule has 0 radical (unpaired) electrons. The summed E-state index contributed by atoms with van der Waals surface area (Å²) in [5.41, 5.74) is 2.35. The maximum atomic E-state index is 13.1. The molecule has 1 aliphatic heterocycles. The Kier molecular flexibility index (Phi) is 7.59. The van der Waals surface area contributed by atoms with Crippen molar-refractivity contribution in [3.63, 3.8) is 0 Å². The van der Waals surface area contributed by atoms with E-state index in [0.717, 1.165) is 63.8 Å². The lowest BCUT2D eigenvalue weighted by molar-refractivity contribution is -0.165. The number of carbonyl (C=O) groups is 1. The number of esters is 1. The van der Waals surface area contributed by atoms with Crippen LogP contribution in [-0.2, 0) is 26.3 Å². The van der Waals surface area contributed by atoms with Crippen molar-refractivity contribution in [2.75, 3.05) is 39.9 Å². The molecule has 3 aliphatic rings. The number of benzene rings is 2. The summed E-state index contributed by atoms with van der Waals surface area (Å²) < 4.78 is 11.4. The van der Waals surface area contributed by atoms with Gasteiger partial charge in [-0.2, -0.15) is 0 Å². The molecule has 0 aromatic heterocycles. The summed E-state index contributed by atoms with van der Waals surface area (Å²) in [7, 11) is 1.79. The van der Waals surface area contributed by atoms with Crippen LogP contribution in [-0.4, -0.2) is 57.0 Å². The van der Waals surface area contributed by atoms with E-state index < -0.39 is 0 Å². The van der Waals surface area contributed by atoms with Gasteiger partial charge in [0.05, 0.1) is 12.0 Å². The molecule has 36 heavy (non-hydrogen) atoms. The summed E-state index contributed by atoms with van der Waals surface area (Å²) in [6.45, 7) is 4.66. The van der Waals surface area contributed by atoms with Gasteiger partial charge in [-0.1, -0.05) is 67.1 Å². The third-order valence-electron chi connectivity index (χ3n) is 8.77. The zero-order valence-corrected chi connectivity index (χ0v) is 21.7. The fraction of sp³-hybridized carbons (Fsp3) is 0.548. The van der Waals surface area contributed by atoms with E-state index in [1.165, 1.54) is 18.4 Å². The van der Waals surface area contributed by atoms with Crippen molar-refractivity contribution < 1.29 is 14.3 Å². The number of hydrogen-bond donors (Lipinski definition) is 0. The van der Waals surface area contributed by atoms with Crippen molar-refractivity contribution in [2.45, 2.75) is 57.0 Å². The van der Waals surface area contributed by atoms with Gasteiger partial charge in [0.2, 0.25) is 0 Å². The maximum absolute atomic E-state index is 13.1. The molecule has 0 atom stereocenters. The lowest BCUT2D eigenvalue weighted by Crippen LogP contribution is -2.52. The van der Waals surface area contributed by atoms with E-state index in [1.54, 1.807) is 7.11 Å². The zero-order chi connectivity index (χ0) is 24.9. The van der Waals surface area contributed by atoms with E-state index in [0.29, 0.717) is 13.2 Å². The van der Waals surface area contributed by atoms with Crippen LogP contribution in [0.15, 0.2) is 65.7 Å². The number of carbonyl (C=O) groups excluding carboxylic acids is 1. The predicted octanol–water partition coefficient (Wildman–Crippen LogP) is 5.43. The third-order valence-corrected chi connectivity index (χ3v) is 8.77. The highest BCUT2D eigenvalue weighted by molar-refractivity contribution is 5.78. The molecule has 3 fully saturated rings. The van der Waals surface area contributed by atoms with Crippen LogP contribution in [0.3, 0.4) is 0 Å². The second-order valence-corrected chi connectivity index (χ2v) is 11.4. The van der Waals surface area contributed by atoms with Crippen LogP contribution in [0.4, 0.5) is 0 Å². The first-order valence-electron chi connectivity index (χ1n) is 13.6. The lowest BCUT2D eigenvalue weighted by atomic mass is 9.68. The van der Waals surface area contributed by atoms with Crippen molar-refractivity contribution >= 4 is 12.2 Å².